The molecule has 2 aliphatic rings. The minimum absolute atomic E-state index is 0.615. The number of ether oxygens (including phenoxy) is 6. The minimum Gasteiger partial charge on any atom is -0.379 e. The van der Waals surface area contributed by atoms with E-state index in [4.69, 9.17) is 28.4 Å². The van der Waals surface area contributed by atoms with Crippen molar-refractivity contribution in [3.63, 3.8) is 0 Å². The lowest BCUT2D eigenvalue weighted by molar-refractivity contribution is 0.0183. The number of rotatable bonds is 0. The molecule has 0 atom stereocenters. The Hall–Kier alpha value is -0.400. The van der Waals surface area contributed by atoms with Gasteiger partial charge in [-0.25, -0.2) is 0 Å². The van der Waals surface area contributed by atoms with Crippen LogP contribution in [0.5, 0.6) is 0 Å². The topological polar surface area (TPSA) is 85.9 Å². The molecule has 0 amide bonds. The van der Waals surface area contributed by atoms with E-state index in [0.717, 1.165) is 65.4 Å². The number of fused-ring (bicyclic) bond motifs is 9. The van der Waals surface area contributed by atoms with Crippen LogP contribution in [0.1, 0.15) is 0 Å². The van der Waals surface area contributed by atoms with Gasteiger partial charge in [0.25, 0.3) is 0 Å². The van der Waals surface area contributed by atoms with Gasteiger partial charge < -0.3 is 39.1 Å². The summed E-state index contributed by atoms with van der Waals surface area (Å²) in [4.78, 5) is 4.68. The third kappa shape index (κ3) is 16.2. The quantitative estimate of drug-likeness (QED) is 0.433. The largest absolute Gasteiger partial charge is 0.379 e. The van der Waals surface area contributed by atoms with E-state index < -0.39 is 0 Å². The van der Waals surface area contributed by atoms with Gasteiger partial charge in [0.2, 0.25) is 0 Å². The van der Waals surface area contributed by atoms with Crippen molar-refractivity contribution < 1.29 is 28.4 Å². The van der Waals surface area contributed by atoms with E-state index in [9.17, 15) is 0 Å². The second kappa shape index (κ2) is 21.2. The Morgan fingerprint density at radius 2 is 0.562 bits per heavy atom. The van der Waals surface area contributed by atoms with Gasteiger partial charge in [0.15, 0.2) is 0 Å². The molecule has 10 heteroatoms. The van der Waals surface area contributed by atoms with Gasteiger partial charge >= 0.3 is 0 Å². The lowest BCUT2D eigenvalue weighted by Gasteiger charge is -2.22. The molecule has 190 valence electrons. The first-order valence-corrected chi connectivity index (χ1v) is 12.3. The second-order valence-corrected chi connectivity index (χ2v) is 7.86. The first-order valence-electron chi connectivity index (χ1n) is 12.3. The van der Waals surface area contributed by atoms with E-state index in [2.05, 4.69) is 20.4 Å². The highest BCUT2D eigenvalue weighted by Gasteiger charge is 2.08. The Morgan fingerprint density at radius 1 is 0.312 bits per heavy atom. The Kier molecular flexibility index (Phi) is 18.4. The maximum atomic E-state index is 5.79. The van der Waals surface area contributed by atoms with Crippen molar-refractivity contribution in [3.8, 4) is 0 Å². The van der Waals surface area contributed by atoms with E-state index in [1.807, 2.05) is 0 Å². The van der Waals surface area contributed by atoms with E-state index in [1.165, 1.54) is 0 Å². The summed E-state index contributed by atoms with van der Waals surface area (Å²) in [6.45, 7) is 16.8. The molecule has 0 unspecified atom stereocenters. The molecule has 0 aromatic carbocycles. The molecule has 0 aliphatic carbocycles. The zero-order valence-corrected chi connectivity index (χ0v) is 19.9. The third-order valence-corrected chi connectivity index (χ3v) is 5.38. The molecule has 0 spiro atoms. The molecule has 0 radical (unpaired) electrons. The van der Waals surface area contributed by atoms with Crippen molar-refractivity contribution in [1.82, 2.24) is 20.4 Å². The maximum absolute atomic E-state index is 5.79. The van der Waals surface area contributed by atoms with Crippen LogP contribution >= 0.6 is 0 Å². The number of nitrogens with one attached hydrogen (secondary N) is 2. The summed E-state index contributed by atoms with van der Waals surface area (Å²) in [5.41, 5.74) is 0. The lowest BCUT2D eigenvalue weighted by Crippen LogP contribution is -2.35. The number of hydrogen-bond acceptors (Lipinski definition) is 10. The Balaban J connectivity index is 1.85. The third-order valence-electron chi connectivity index (χ3n) is 5.38. The first kappa shape index (κ1) is 27.8. The highest BCUT2D eigenvalue weighted by Crippen LogP contribution is 1.94. The molecule has 2 saturated heterocycles. The van der Waals surface area contributed by atoms with Gasteiger partial charge in [-0.15, -0.1) is 0 Å². The van der Waals surface area contributed by atoms with Gasteiger partial charge in [-0.2, -0.15) is 0 Å². The van der Waals surface area contributed by atoms with E-state index >= 15 is 0 Å². The zero-order valence-electron chi connectivity index (χ0n) is 19.9. The van der Waals surface area contributed by atoms with E-state index in [-0.39, 0.29) is 0 Å². The molecule has 2 rings (SSSR count). The van der Waals surface area contributed by atoms with Crippen molar-refractivity contribution >= 4 is 0 Å². The summed E-state index contributed by atoms with van der Waals surface area (Å²) in [5.74, 6) is 0. The van der Waals surface area contributed by atoms with Crippen LogP contribution in [-0.2, 0) is 28.4 Å². The van der Waals surface area contributed by atoms with Crippen LogP contribution in [-0.4, -0.2) is 155 Å². The number of nitrogens with zero attached hydrogens (tertiary/aromatic N) is 2. The SMILES string of the molecule is C1COCCN2CCOCCNCCOCCN(CCOCCN1)CCOCCOCC2. The van der Waals surface area contributed by atoms with Crippen LogP contribution in [0.4, 0.5) is 0 Å². The summed E-state index contributed by atoms with van der Waals surface area (Å²) in [6, 6.07) is 0. The highest BCUT2D eigenvalue weighted by atomic mass is 16.5. The molecule has 2 fully saturated rings. The van der Waals surface area contributed by atoms with Crippen LogP contribution in [0.3, 0.4) is 0 Å². The van der Waals surface area contributed by atoms with Crippen molar-refractivity contribution in [3.05, 3.63) is 0 Å². The normalized spacial score (nSPS) is 29.2. The van der Waals surface area contributed by atoms with E-state index in [0.29, 0.717) is 79.3 Å². The fourth-order valence-electron chi connectivity index (χ4n) is 3.39. The molecule has 0 aromatic heterocycles. The Morgan fingerprint density at radius 3 is 0.844 bits per heavy atom. The smallest absolute Gasteiger partial charge is 0.0701 e. The summed E-state index contributed by atoms with van der Waals surface area (Å²) in [6.07, 6.45) is 0. The van der Waals surface area contributed by atoms with Crippen molar-refractivity contribution in [1.29, 1.82) is 0 Å². The maximum Gasteiger partial charge on any atom is 0.0701 e. The minimum atomic E-state index is 0.615. The summed E-state index contributed by atoms with van der Waals surface area (Å²) in [7, 11) is 0. The van der Waals surface area contributed by atoms with Crippen LogP contribution in [0.2, 0.25) is 0 Å². The molecule has 2 N–H and O–H groups in total. The van der Waals surface area contributed by atoms with Crippen LogP contribution in [0.25, 0.3) is 0 Å². The van der Waals surface area contributed by atoms with Gasteiger partial charge in [-0.05, 0) is 0 Å². The monoisotopic (exact) mass is 462 g/mol. The first-order chi connectivity index (χ1) is 15.9. The van der Waals surface area contributed by atoms with Crippen molar-refractivity contribution in [2.75, 3.05) is 145 Å². The average Bonchev–Trinajstić information content (AvgIpc) is 2.80. The van der Waals surface area contributed by atoms with Gasteiger partial charge in [-0.3, -0.25) is 9.80 Å². The predicted octanol–water partition coefficient (Wildman–Crippen LogP) is -1.10. The lowest BCUT2D eigenvalue weighted by atomic mass is 10.4. The second-order valence-electron chi connectivity index (χ2n) is 7.86. The van der Waals surface area contributed by atoms with E-state index in [1.54, 1.807) is 0 Å². The average molecular weight is 463 g/mol. The summed E-state index contributed by atoms with van der Waals surface area (Å²) < 4.78 is 34.7. The molecule has 0 aromatic rings. The molecule has 2 aliphatic heterocycles. The molecule has 32 heavy (non-hydrogen) atoms. The zero-order chi connectivity index (χ0) is 22.4. The summed E-state index contributed by atoms with van der Waals surface area (Å²) >= 11 is 0. The van der Waals surface area contributed by atoms with Crippen molar-refractivity contribution in [2.45, 2.75) is 0 Å². The van der Waals surface area contributed by atoms with Gasteiger partial charge in [0, 0.05) is 65.4 Å². The highest BCUT2D eigenvalue weighted by molar-refractivity contribution is 4.60. The Labute approximate surface area is 194 Å². The fraction of sp³-hybridized carbons (Fsp3) is 1.00. The molecule has 10 nitrogen and oxygen atoms in total. The van der Waals surface area contributed by atoms with Crippen LogP contribution in [0.15, 0.2) is 0 Å². The molecule has 2 heterocycles. The molecular formula is C22H46N4O6. The summed E-state index contributed by atoms with van der Waals surface area (Å²) in [5, 5.41) is 6.74. The Bertz CT molecular complexity index is 351. The van der Waals surface area contributed by atoms with Gasteiger partial charge in [0.05, 0.1) is 79.3 Å². The van der Waals surface area contributed by atoms with Crippen molar-refractivity contribution in [2.24, 2.45) is 0 Å². The molecule has 2 bridgehead atoms. The standard InChI is InChI=1S/C22H46N4O6/c1-11-27-15-5-25-7-17-29-13-3-24-4-14-30-18-8-26(6-16-28-12-2-23-1)10-20-32-22-21-31-19-9-25/h23-24H,1-22H2. The fourth-order valence-corrected chi connectivity index (χ4v) is 3.39. The van der Waals surface area contributed by atoms with Gasteiger partial charge in [-0.1, -0.05) is 0 Å². The van der Waals surface area contributed by atoms with Crippen LogP contribution in [0, 0.1) is 0 Å². The predicted molar refractivity (Wildman–Crippen MR) is 124 cm³/mol. The number of hydrogen-bond donors (Lipinski definition) is 2. The van der Waals surface area contributed by atoms with Gasteiger partial charge in [0.1, 0.15) is 0 Å². The molecular weight excluding hydrogens is 416 g/mol. The van der Waals surface area contributed by atoms with Crippen LogP contribution < -0.4 is 10.6 Å². The molecule has 0 saturated carbocycles.